The monoisotopic (exact) mass is 478 g/mol. The van der Waals surface area contributed by atoms with Gasteiger partial charge in [0.1, 0.15) is 11.1 Å². The summed E-state index contributed by atoms with van der Waals surface area (Å²) in [6.45, 7) is 0. The third kappa shape index (κ3) is 2.98. The Bertz CT molecular complexity index is 2120. The summed E-state index contributed by atoms with van der Waals surface area (Å²) >= 11 is 1.85. The Balaban J connectivity index is 1.25. The van der Waals surface area contributed by atoms with Gasteiger partial charge in [-0.15, -0.1) is 11.3 Å². The molecule has 0 saturated heterocycles. The Morgan fingerprint density at radius 3 is 2.08 bits per heavy atom. The third-order valence-corrected chi connectivity index (χ3v) is 8.02. The minimum Gasteiger partial charge on any atom is -0.436 e. The van der Waals surface area contributed by atoms with Gasteiger partial charge in [0, 0.05) is 25.6 Å². The number of para-hydroxylation sites is 2. The van der Waals surface area contributed by atoms with Gasteiger partial charge in [-0.2, -0.15) is 0 Å². The minimum atomic E-state index is 0.575. The predicted octanol–water partition coefficient (Wildman–Crippen LogP) is 9.23. The average Bonchev–Trinajstić information content (AvgIpc) is 3.48. The van der Waals surface area contributed by atoms with E-state index < -0.39 is 0 Å². The number of benzene rings is 5. The highest BCUT2D eigenvalue weighted by Crippen LogP contribution is 2.37. The molecule has 0 N–H and O–H groups in total. The zero-order valence-electron chi connectivity index (χ0n) is 19.1. The number of nitrogens with zero attached hydrogens (tertiary/aromatic N) is 2. The molecular formula is C32H18N2OS. The van der Waals surface area contributed by atoms with Crippen molar-refractivity contribution >= 4 is 64.7 Å². The van der Waals surface area contributed by atoms with E-state index in [2.05, 4.69) is 83.8 Å². The highest BCUT2D eigenvalue weighted by atomic mass is 32.1. The van der Waals surface area contributed by atoms with Crippen LogP contribution in [-0.2, 0) is 0 Å². The Hall–Kier alpha value is -4.54. The largest absolute Gasteiger partial charge is 0.436 e. The van der Waals surface area contributed by atoms with E-state index in [9.17, 15) is 0 Å². The molecule has 36 heavy (non-hydrogen) atoms. The lowest BCUT2D eigenvalue weighted by molar-refractivity contribution is 0.655. The highest BCUT2D eigenvalue weighted by molar-refractivity contribution is 7.25. The van der Waals surface area contributed by atoms with E-state index >= 15 is 0 Å². The maximum absolute atomic E-state index is 6.04. The van der Waals surface area contributed by atoms with Crippen molar-refractivity contribution < 1.29 is 4.42 Å². The zero-order valence-corrected chi connectivity index (χ0v) is 19.9. The molecule has 0 saturated carbocycles. The Kier molecular flexibility index (Phi) is 4.10. The summed E-state index contributed by atoms with van der Waals surface area (Å²) in [6.07, 6.45) is 0. The smallest absolute Gasteiger partial charge is 0.246 e. The third-order valence-electron chi connectivity index (χ3n) is 6.89. The van der Waals surface area contributed by atoms with Crippen molar-refractivity contribution in [3.8, 4) is 22.3 Å². The summed E-state index contributed by atoms with van der Waals surface area (Å²) < 4.78 is 8.68. The molecule has 0 unspecified atom stereocenters. The van der Waals surface area contributed by atoms with E-state index in [1.165, 1.54) is 31.3 Å². The van der Waals surface area contributed by atoms with Crippen LogP contribution in [0.3, 0.4) is 0 Å². The topological polar surface area (TPSA) is 38.9 Å². The highest BCUT2D eigenvalue weighted by Gasteiger charge is 2.13. The molecule has 5 aromatic carbocycles. The normalized spacial score (nSPS) is 11.9. The molecule has 0 radical (unpaired) electrons. The van der Waals surface area contributed by atoms with E-state index in [1.807, 2.05) is 41.7 Å². The number of aromatic nitrogens is 2. The molecule has 0 amide bonds. The summed E-state index contributed by atoms with van der Waals surface area (Å²) in [6, 6.07) is 38.3. The number of hydrogen-bond donors (Lipinski definition) is 0. The molecule has 0 fully saturated rings. The molecule has 3 nitrogen and oxygen atoms in total. The maximum Gasteiger partial charge on any atom is 0.246 e. The number of thiophene rings is 1. The minimum absolute atomic E-state index is 0.575. The van der Waals surface area contributed by atoms with Crippen LogP contribution in [0.15, 0.2) is 114 Å². The van der Waals surface area contributed by atoms with Crippen molar-refractivity contribution in [1.29, 1.82) is 0 Å². The van der Waals surface area contributed by atoms with Crippen molar-refractivity contribution in [2.24, 2.45) is 0 Å². The summed E-state index contributed by atoms with van der Waals surface area (Å²) in [5.41, 5.74) is 8.61. The first-order valence-electron chi connectivity index (χ1n) is 11.9. The van der Waals surface area contributed by atoms with Gasteiger partial charge in [0.05, 0.1) is 11.0 Å². The first kappa shape index (κ1) is 19.7. The van der Waals surface area contributed by atoms with Crippen molar-refractivity contribution in [2.75, 3.05) is 0 Å². The van der Waals surface area contributed by atoms with Crippen LogP contribution in [0.4, 0.5) is 0 Å². The van der Waals surface area contributed by atoms with Crippen molar-refractivity contribution in [3.63, 3.8) is 0 Å². The predicted molar refractivity (Wildman–Crippen MR) is 151 cm³/mol. The van der Waals surface area contributed by atoms with E-state index in [4.69, 9.17) is 9.40 Å². The number of furan rings is 1. The van der Waals surface area contributed by atoms with Crippen molar-refractivity contribution in [1.82, 2.24) is 9.97 Å². The van der Waals surface area contributed by atoms with Crippen LogP contribution in [0.2, 0.25) is 0 Å². The molecule has 0 spiro atoms. The summed E-state index contributed by atoms with van der Waals surface area (Å²) in [5, 5.41) is 3.63. The van der Waals surface area contributed by atoms with Gasteiger partial charge in [0.2, 0.25) is 5.71 Å². The average molecular weight is 479 g/mol. The first-order chi connectivity index (χ1) is 17.8. The Labute approximate surface area is 210 Å². The standard InChI is InChI=1S/C32H18N2OS/c1-4-11-29-23(8-1)24-14-12-22(18-30(24)36-29)20-7-5-6-19(16-20)21-13-15-28-25(17-21)31-32(35-28)34-27-10-3-2-9-26(27)33-31/h1-18H. The van der Waals surface area contributed by atoms with Gasteiger partial charge in [-0.25, -0.2) is 9.97 Å². The van der Waals surface area contributed by atoms with Gasteiger partial charge in [-0.3, -0.25) is 0 Å². The second kappa shape index (κ2) is 7.48. The lowest BCUT2D eigenvalue weighted by Gasteiger charge is -2.07. The lowest BCUT2D eigenvalue weighted by atomic mass is 9.98. The molecule has 0 aliphatic carbocycles. The molecular weight excluding hydrogens is 460 g/mol. The van der Waals surface area contributed by atoms with Crippen molar-refractivity contribution in [2.45, 2.75) is 0 Å². The number of fused-ring (bicyclic) bond motifs is 7. The fourth-order valence-corrected chi connectivity index (χ4v) is 6.25. The first-order valence-corrected chi connectivity index (χ1v) is 12.7. The molecule has 168 valence electrons. The van der Waals surface area contributed by atoms with Crippen LogP contribution in [0, 0.1) is 0 Å². The Morgan fingerprint density at radius 1 is 0.500 bits per heavy atom. The van der Waals surface area contributed by atoms with Crippen LogP contribution in [0.1, 0.15) is 0 Å². The van der Waals surface area contributed by atoms with E-state index in [-0.39, 0.29) is 0 Å². The fraction of sp³-hybridized carbons (Fsp3) is 0. The molecule has 8 rings (SSSR count). The fourth-order valence-electron chi connectivity index (χ4n) is 5.10. The van der Waals surface area contributed by atoms with Crippen LogP contribution < -0.4 is 0 Å². The van der Waals surface area contributed by atoms with Gasteiger partial charge in [-0.05, 0) is 64.7 Å². The van der Waals surface area contributed by atoms with Gasteiger partial charge >= 0.3 is 0 Å². The second-order valence-corrected chi connectivity index (χ2v) is 10.2. The lowest BCUT2D eigenvalue weighted by Crippen LogP contribution is -1.84. The van der Waals surface area contributed by atoms with Gasteiger partial charge in [0.25, 0.3) is 0 Å². The van der Waals surface area contributed by atoms with Crippen LogP contribution >= 0.6 is 11.3 Å². The molecule has 4 heteroatoms. The van der Waals surface area contributed by atoms with Crippen molar-refractivity contribution in [3.05, 3.63) is 109 Å². The van der Waals surface area contributed by atoms with E-state index in [1.54, 1.807) is 0 Å². The summed E-state index contributed by atoms with van der Waals surface area (Å²) in [5.74, 6) is 0. The molecule has 0 aliphatic rings. The Morgan fingerprint density at radius 2 is 1.19 bits per heavy atom. The van der Waals surface area contributed by atoms with Crippen LogP contribution in [-0.4, -0.2) is 9.97 Å². The van der Waals surface area contributed by atoms with E-state index in [0.717, 1.165) is 38.6 Å². The second-order valence-electron chi connectivity index (χ2n) is 9.07. The molecule has 3 heterocycles. The molecule has 3 aromatic heterocycles. The number of hydrogen-bond acceptors (Lipinski definition) is 4. The molecule has 8 aromatic rings. The van der Waals surface area contributed by atoms with Crippen LogP contribution in [0.25, 0.3) is 75.7 Å². The van der Waals surface area contributed by atoms with Crippen LogP contribution in [0.5, 0.6) is 0 Å². The SMILES string of the molecule is c1cc(-c2ccc3c(c2)sc2ccccc23)cc(-c2ccc3oc4nc5ccccc5nc4c3c2)c1. The number of rotatable bonds is 2. The summed E-state index contributed by atoms with van der Waals surface area (Å²) in [4.78, 5) is 9.54. The quantitative estimate of drug-likeness (QED) is 0.248. The molecule has 0 bridgehead atoms. The van der Waals surface area contributed by atoms with Gasteiger partial charge in [-0.1, -0.05) is 66.7 Å². The van der Waals surface area contributed by atoms with Gasteiger partial charge < -0.3 is 4.42 Å². The van der Waals surface area contributed by atoms with Gasteiger partial charge in [0.15, 0.2) is 0 Å². The summed E-state index contributed by atoms with van der Waals surface area (Å²) in [7, 11) is 0. The zero-order chi connectivity index (χ0) is 23.6. The molecule has 0 aliphatic heterocycles. The molecule has 0 atom stereocenters. The maximum atomic E-state index is 6.04. The van der Waals surface area contributed by atoms with E-state index in [0.29, 0.717) is 5.71 Å².